The van der Waals surface area contributed by atoms with Crippen molar-refractivity contribution in [2.75, 3.05) is 0 Å². The molecular formula is C9H11NO2. The normalized spacial score (nSPS) is 14.3. The molecule has 1 aliphatic rings. The molecule has 0 bridgehead atoms. The molecule has 1 N–H and O–H groups in total. The molecule has 3 heteroatoms. The topological polar surface area (TPSA) is 50.2 Å². The van der Waals surface area contributed by atoms with Crippen molar-refractivity contribution in [1.29, 1.82) is 0 Å². The van der Waals surface area contributed by atoms with Gasteiger partial charge in [-0.2, -0.15) is 0 Å². The van der Waals surface area contributed by atoms with Gasteiger partial charge >= 0.3 is 5.97 Å². The summed E-state index contributed by atoms with van der Waals surface area (Å²) in [5.74, 6) is -0.611. The van der Waals surface area contributed by atoms with E-state index in [1.807, 2.05) is 18.2 Å². The van der Waals surface area contributed by atoms with Crippen LogP contribution in [0.2, 0.25) is 0 Å². The number of hydrogen-bond acceptors (Lipinski definition) is 2. The summed E-state index contributed by atoms with van der Waals surface area (Å²) < 4.78 is 0. The van der Waals surface area contributed by atoms with Crippen LogP contribution in [0.15, 0.2) is 30.6 Å². The lowest BCUT2D eigenvalue weighted by atomic mass is 10.5. The van der Waals surface area contributed by atoms with Crippen molar-refractivity contribution in [3.05, 3.63) is 30.6 Å². The minimum atomic E-state index is -0.630. The molecule has 0 unspecified atom stereocenters. The van der Waals surface area contributed by atoms with Crippen molar-refractivity contribution in [1.82, 2.24) is 4.98 Å². The van der Waals surface area contributed by atoms with Crippen LogP contribution in [0, 0.1) is 5.92 Å². The monoisotopic (exact) mass is 165 g/mol. The van der Waals surface area contributed by atoms with Gasteiger partial charge in [-0.15, -0.1) is 0 Å². The van der Waals surface area contributed by atoms with E-state index in [0.717, 1.165) is 12.8 Å². The second-order valence-electron chi connectivity index (χ2n) is 2.64. The third-order valence-corrected chi connectivity index (χ3v) is 1.49. The molecule has 0 amide bonds. The highest BCUT2D eigenvalue weighted by atomic mass is 16.4. The highest BCUT2D eigenvalue weighted by Crippen LogP contribution is 2.28. The van der Waals surface area contributed by atoms with Gasteiger partial charge in [-0.1, -0.05) is 6.07 Å². The van der Waals surface area contributed by atoms with E-state index in [9.17, 15) is 4.79 Å². The first kappa shape index (κ1) is 8.71. The molecule has 0 aromatic carbocycles. The third kappa shape index (κ3) is 3.71. The van der Waals surface area contributed by atoms with E-state index in [1.54, 1.807) is 12.4 Å². The van der Waals surface area contributed by atoms with Crippen molar-refractivity contribution in [3.8, 4) is 0 Å². The largest absolute Gasteiger partial charge is 0.481 e. The lowest BCUT2D eigenvalue weighted by molar-refractivity contribution is -0.138. The highest BCUT2D eigenvalue weighted by molar-refractivity contribution is 5.72. The van der Waals surface area contributed by atoms with E-state index in [4.69, 9.17) is 5.11 Å². The van der Waals surface area contributed by atoms with Gasteiger partial charge < -0.3 is 5.11 Å². The summed E-state index contributed by atoms with van der Waals surface area (Å²) in [5.41, 5.74) is 0. The number of carboxylic acid groups (broad SMARTS) is 1. The number of nitrogens with zero attached hydrogens (tertiary/aromatic N) is 1. The molecule has 0 spiro atoms. The highest BCUT2D eigenvalue weighted by Gasteiger charge is 2.28. The lowest BCUT2D eigenvalue weighted by Gasteiger charge is -1.75. The molecule has 1 fully saturated rings. The van der Waals surface area contributed by atoms with Gasteiger partial charge in [-0.05, 0) is 25.0 Å². The van der Waals surface area contributed by atoms with E-state index in [0.29, 0.717) is 0 Å². The van der Waals surface area contributed by atoms with Gasteiger partial charge in [0.05, 0.1) is 5.92 Å². The van der Waals surface area contributed by atoms with Crippen molar-refractivity contribution in [2.24, 2.45) is 5.92 Å². The number of carboxylic acids is 1. The number of rotatable bonds is 1. The average Bonchev–Trinajstić information content (AvgIpc) is 2.90. The molecule has 0 saturated heterocycles. The Bertz CT molecular complexity index is 205. The van der Waals surface area contributed by atoms with Gasteiger partial charge in [-0.25, -0.2) is 0 Å². The smallest absolute Gasteiger partial charge is 0.306 e. The Hall–Kier alpha value is -1.38. The molecule has 1 aromatic heterocycles. The maximum atomic E-state index is 9.76. The summed E-state index contributed by atoms with van der Waals surface area (Å²) in [6, 6.07) is 5.72. The summed E-state index contributed by atoms with van der Waals surface area (Å²) in [4.78, 5) is 13.5. The molecule has 12 heavy (non-hydrogen) atoms. The van der Waals surface area contributed by atoms with E-state index in [1.165, 1.54) is 0 Å². The second-order valence-corrected chi connectivity index (χ2v) is 2.64. The molecule has 1 aromatic rings. The quantitative estimate of drug-likeness (QED) is 0.687. The molecule has 2 rings (SSSR count). The van der Waals surface area contributed by atoms with Gasteiger partial charge in [0, 0.05) is 12.4 Å². The van der Waals surface area contributed by atoms with Gasteiger partial charge in [-0.3, -0.25) is 9.78 Å². The van der Waals surface area contributed by atoms with Crippen molar-refractivity contribution in [2.45, 2.75) is 12.8 Å². The van der Waals surface area contributed by atoms with Crippen LogP contribution in [0.3, 0.4) is 0 Å². The zero-order valence-corrected chi connectivity index (χ0v) is 6.68. The zero-order chi connectivity index (χ0) is 8.81. The number of aromatic nitrogens is 1. The Kier molecular flexibility index (Phi) is 3.26. The van der Waals surface area contributed by atoms with Gasteiger partial charge in [0.25, 0.3) is 0 Å². The molecule has 1 saturated carbocycles. The molecular weight excluding hydrogens is 154 g/mol. The fourth-order valence-electron chi connectivity index (χ4n) is 0.643. The van der Waals surface area contributed by atoms with E-state index >= 15 is 0 Å². The minimum absolute atomic E-state index is 0.0185. The standard InChI is InChI=1S/C5H5N.C4H6O2/c1-2-4-6-5-3-1;5-4(6)3-1-2-3/h1-5H;3H,1-2H2,(H,5,6). The maximum absolute atomic E-state index is 9.76. The van der Waals surface area contributed by atoms with Crippen LogP contribution in [0.4, 0.5) is 0 Å². The summed E-state index contributed by atoms with van der Waals surface area (Å²) >= 11 is 0. The van der Waals surface area contributed by atoms with Crippen LogP contribution >= 0.6 is 0 Å². The maximum Gasteiger partial charge on any atom is 0.306 e. The Morgan fingerprint density at radius 3 is 1.92 bits per heavy atom. The van der Waals surface area contributed by atoms with Gasteiger partial charge in [0.1, 0.15) is 0 Å². The summed E-state index contributed by atoms with van der Waals surface area (Å²) in [5, 5.41) is 8.05. The first-order valence-corrected chi connectivity index (χ1v) is 3.88. The molecule has 64 valence electrons. The predicted molar refractivity (Wildman–Crippen MR) is 44.6 cm³/mol. The number of hydrogen-bond donors (Lipinski definition) is 1. The lowest BCUT2D eigenvalue weighted by Crippen LogP contribution is -1.94. The van der Waals surface area contributed by atoms with Crippen LogP contribution in [0.25, 0.3) is 0 Å². The summed E-state index contributed by atoms with van der Waals surface area (Å²) in [7, 11) is 0. The average molecular weight is 165 g/mol. The Morgan fingerprint density at radius 2 is 1.83 bits per heavy atom. The second kappa shape index (κ2) is 4.49. The molecule has 1 aliphatic carbocycles. The number of pyridine rings is 1. The van der Waals surface area contributed by atoms with Crippen molar-refractivity contribution >= 4 is 5.97 Å². The molecule has 0 radical (unpaired) electrons. The zero-order valence-electron chi connectivity index (χ0n) is 6.68. The Labute approximate surface area is 71.1 Å². The third-order valence-electron chi connectivity index (χ3n) is 1.49. The van der Waals surface area contributed by atoms with E-state index < -0.39 is 5.97 Å². The first-order chi connectivity index (χ1) is 5.80. The predicted octanol–water partition coefficient (Wildman–Crippen LogP) is 1.56. The van der Waals surface area contributed by atoms with E-state index in [2.05, 4.69) is 4.98 Å². The summed E-state index contributed by atoms with van der Waals surface area (Å²) in [6.45, 7) is 0. The van der Waals surface area contributed by atoms with E-state index in [-0.39, 0.29) is 5.92 Å². The van der Waals surface area contributed by atoms with Crippen LogP contribution in [0.5, 0.6) is 0 Å². The SMILES string of the molecule is O=C(O)C1CC1.c1ccncc1. The van der Waals surface area contributed by atoms with Crippen LogP contribution in [-0.2, 0) is 4.79 Å². The van der Waals surface area contributed by atoms with Crippen LogP contribution in [-0.4, -0.2) is 16.1 Å². The van der Waals surface area contributed by atoms with Crippen LogP contribution in [0.1, 0.15) is 12.8 Å². The number of aliphatic carboxylic acids is 1. The summed E-state index contributed by atoms with van der Waals surface area (Å²) in [6.07, 6.45) is 5.30. The van der Waals surface area contributed by atoms with Gasteiger partial charge in [0.15, 0.2) is 0 Å². The molecule has 1 heterocycles. The van der Waals surface area contributed by atoms with Crippen molar-refractivity contribution in [3.63, 3.8) is 0 Å². The minimum Gasteiger partial charge on any atom is -0.481 e. The van der Waals surface area contributed by atoms with Gasteiger partial charge in [0.2, 0.25) is 0 Å². The Morgan fingerprint density at radius 1 is 1.25 bits per heavy atom. The molecule has 3 nitrogen and oxygen atoms in total. The van der Waals surface area contributed by atoms with Crippen LogP contribution < -0.4 is 0 Å². The number of carbonyl (C=O) groups is 1. The van der Waals surface area contributed by atoms with Crippen molar-refractivity contribution < 1.29 is 9.90 Å². The molecule has 0 aliphatic heterocycles. The Balaban J connectivity index is 0.000000120. The first-order valence-electron chi connectivity index (χ1n) is 3.88. The molecule has 0 atom stereocenters. The fourth-order valence-corrected chi connectivity index (χ4v) is 0.643. The fraction of sp³-hybridized carbons (Fsp3) is 0.333.